The molecular formula is C23H23N3O3. The average Bonchev–Trinajstić information content (AvgIpc) is 2.76. The van der Waals surface area contributed by atoms with Gasteiger partial charge in [0.2, 0.25) is 0 Å². The normalized spacial score (nSPS) is 10.3. The number of aromatic nitrogens is 1. The molecule has 0 saturated carbocycles. The smallest absolute Gasteiger partial charge is 0.269 e. The van der Waals surface area contributed by atoms with E-state index in [0.29, 0.717) is 24.2 Å². The van der Waals surface area contributed by atoms with Crippen molar-refractivity contribution in [3.05, 3.63) is 89.2 Å². The number of carbonyl (C=O) groups is 2. The van der Waals surface area contributed by atoms with Crippen LogP contribution in [-0.2, 0) is 6.42 Å². The third kappa shape index (κ3) is 5.65. The van der Waals surface area contributed by atoms with Gasteiger partial charge in [-0.25, -0.2) is 0 Å². The van der Waals surface area contributed by atoms with Gasteiger partial charge in [-0.1, -0.05) is 29.8 Å². The SMILES string of the molecule is COc1ccc(CCNC(=O)c2cc(C(=O)Nc3ccc(C)cc3)ccn2)cc1. The Morgan fingerprint density at radius 1 is 0.966 bits per heavy atom. The first kappa shape index (κ1) is 20.1. The summed E-state index contributed by atoms with van der Waals surface area (Å²) in [4.78, 5) is 28.9. The molecule has 0 spiro atoms. The van der Waals surface area contributed by atoms with E-state index < -0.39 is 0 Å². The second-order valence-electron chi connectivity index (χ2n) is 6.60. The molecule has 6 heteroatoms. The lowest BCUT2D eigenvalue weighted by molar-refractivity contribution is 0.0949. The molecular weight excluding hydrogens is 366 g/mol. The molecule has 0 aliphatic carbocycles. The number of carbonyl (C=O) groups excluding carboxylic acids is 2. The van der Waals surface area contributed by atoms with E-state index in [1.165, 1.54) is 12.3 Å². The van der Waals surface area contributed by atoms with Crippen LogP contribution in [0, 0.1) is 6.92 Å². The van der Waals surface area contributed by atoms with Crippen molar-refractivity contribution in [2.45, 2.75) is 13.3 Å². The Kier molecular flexibility index (Phi) is 6.58. The first-order valence-electron chi connectivity index (χ1n) is 9.30. The third-order valence-corrected chi connectivity index (χ3v) is 4.42. The van der Waals surface area contributed by atoms with Crippen LogP contribution in [0.2, 0.25) is 0 Å². The minimum absolute atomic E-state index is 0.205. The molecule has 0 aliphatic heterocycles. The van der Waals surface area contributed by atoms with Gasteiger partial charge in [0, 0.05) is 24.0 Å². The van der Waals surface area contributed by atoms with E-state index >= 15 is 0 Å². The molecule has 3 aromatic rings. The predicted octanol–water partition coefficient (Wildman–Crippen LogP) is 3.62. The number of rotatable bonds is 7. The third-order valence-electron chi connectivity index (χ3n) is 4.42. The number of hydrogen-bond donors (Lipinski definition) is 2. The van der Waals surface area contributed by atoms with Crippen LogP contribution in [0.5, 0.6) is 5.75 Å². The lowest BCUT2D eigenvalue weighted by Crippen LogP contribution is -2.27. The summed E-state index contributed by atoms with van der Waals surface area (Å²) in [5, 5.41) is 5.65. The van der Waals surface area contributed by atoms with E-state index in [4.69, 9.17) is 4.74 Å². The quantitative estimate of drug-likeness (QED) is 0.647. The Hall–Kier alpha value is -3.67. The highest BCUT2D eigenvalue weighted by Crippen LogP contribution is 2.12. The van der Waals surface area contributed by atoms with Crippen LogP contribution < -0.4 is 15.4 Å². The van der Waals surface area contributed by atoms with E-state index in [0.717, 1.165) is 16.9 Å². The zero-order chi connectivity index (χ0) is 20.6. The summed E-state index contributed by atoms with van der Waals surface area (Å²) in [6, 6.07) is 18.3. The Balaban J connectivity index is 1.56. The van der Waals surface area contributed by atoms with Crippen molar-refractivity contribution in [2.24, 2.45) is 0 Å². The molecule has 0 atom stereocenters. The number of anilines is 1. The number of hydrogen-bond acceptors (Lipinski definition) is 4. The number of methoxy groups -OCH3 is 1. The fourth-order valence-electron chi connectivity index (χ4n) is 2.74. The van der Waals surface area contributed by atoms with Crippen LogP contribution in [0.1, 0.15) is 32.0 Å². The topological polar surface area (TPSA) is 80.3 Å². The van der Waals surface area contributed by atoms with E-state index in [1.54, 1.807) is 13.2 Å². The molecule has 0 bridgehead atoms. The van der Waals surface area contributed by atoms with Crippen molar-refractivity contribution in [1.29, 1.82) is 0 Å². The second kappa shape index (κ2) is 9.50. The van der Waals surface area contributed by atoms with Crippen molar-refractivity contribution in [2.75, 3.05) is 19.0 Å². The maximum Gasteiger partial charge on any atom is 0.269 e. The van der Waals surface area contributed by atoms with Crippen molar-refractivity contribution in [1.82, 2.24) is 10.3 Å². The van der Waals surface area contributed by atoms with Gasteiger partial charge in [-0.3, -0.25) is 14.6 Å². The van der Waals surface area contributed by atoms with Crippen molar-refractivity contribution in [3.8, 4) is 5.75 Å². The highest BCUT2D eigenvalue weighted by molar-refractivity contribution is 6.05. The first-order valence-corrected chi connectivity index (χ1v) is 9.30. The number of ether oxygens (including phenoxy) is 1. The number of aryl methyl sites for hydroxylation is 1. The molecule has 3 rings (SSSR count). The maximum absolute atomic E-state index is 12.4. The Morgan fingerprint density at radius 3 is 2.38 bits per heavy atom. The van der Waals surface area contributed by atoms with E-state index in [2.05, 4.69) is 15.6 Å². The monoisotopic (exact) mass is 389 g/mol. The molecule has 2 amide bonds. The van der Waals surface area contributed by atoms with Crippen LogP contribution in [0.15, 0.2) is 66.9 Å². The van der Waals surface area contributed by atoms with Gasteiger partial charge in [-0.2, -0.15) is 0 Å². The molecule has 0 saturated heterocycles. The van der Waals surface area contributed by atoms with Crippen LogP contribution in [-0.4, -0.2) is 30.5 Å². The van der Waals surface area contributed by atoms with Gasteiger partial charge in [0.1, 0.15) is 11.4 Å². The first-order chi connectivity index (χ1) is 14.0. The van der Waals surface area contributed by atoms with Crippen LogP contribution >= 0.6 is 0 Å². The van der Waals surface area contributed by atoms with E-state index in [-0.39, 0.29) is 17.5 Å². The lowest BCUT2D eigenvalue weighted by atomic mass is 10.1. The average molecular weight is 389 g/mol. The molecule has 29 heavy (non-hydrogen) atoms. The predicted molar refractivity (Wildman–Crippen MR) is 112 cm³/mol. The number of pyridine rings is 1. The number of nitrogens with zero attached hydrogens (tertiary/aromatic N) is 1. The summed E-state index contributed by atoms with van der Waals surface area (Å²) < 4.78 is 5.13. The molecule has 2 N–H and O–H groups in total. The highest BCUT2D eigenvalue weighted by atomic mass is 16.5. The fraction of sp³-hybridized carbons (Fsp3) is 0.174. The number of benzene rings is 2. The summed E-state index contributed by atoms with van der Waals surface area (Å²) in [5.74, 6) is 0.190. The summed E-state index contributed by atoms with van der Waals surface area (Å²) in [5.41, 5.74) is 3.48. The van der Waals surface area contributed by atoms with Crippen molar-refractivity contribution < 1.29 is 14.3 Å². The molecule has 2 aromatic carbocycles. The Labute approximate surface area is 169 Å². The molecule has 0 unspecified atom stereocenters. The summed E-state index contributed by atoms with van der Waals surface area (Å²) in [6.45, 7) is 2.45. The molecule has 6 nitrogen and oxygen atoms in total. The van der Waals surface area contributed by atoms with E-state index in [9.17, 15) is 9.59 Å². The van der Waals surface area contributed by atoms with E-state index in [1.807, 2.05) is 55.5 Å². The summed E-state index contributed by atoms with van der Waals surface area (Å²) >= 11 is 0. The minimum Gasteiger partial charge on any atom is -0.497 e. The van der Waals surface area contributed by atoms with Crippen molar-refractivity contribution in [3.63, 3.8) is 0 Å². The summed E-state index contributed by atoms with van der Waals surface area (Å²) in [7, 11) is 1.62. The van der Waals surface area contributed by atoms with Crippen molar-refractivity contribution >= 4 is 17.5 Å². The van der Waals surface area contributed by atoms with Gasteiger partial charge in [-0.15, -0.1) is 0 Å². The molecule has 148 valence electrons. The fourth-order valence-corrected chi connectivity index (χ4v) is 2.74. The van der Waals surface area contributed by atoms with Gasteiger partial charge in [0.05, 0.1) is 7.11 Å². The molecule has 0 aliphatic rings. The highest BCUT2D eigenvalue weighted by Gasteiger charge is 2.12. The number of amides is 2. The van der Waals surface area contributed by atoms with Gasteiger partial charge in [-0.05, 0) is 55.3 Å². The molecule has 1 aromatic heterocycles. The van der Waals surface area contributed by atoms with Gasteiger partial charge in [0.25, 0.3) is 11.8 Å². The summed E-state index contributed by atoms with van der Waals surface area (Å²) in [6.07, 6.45) is 2.14. The second-order valence-corrected chi connectivity index (χ2v) is 6.60. The van der Waals surface area contributed by atoms with Gasteiger partial charge >= 0.3 is 0 Å². The minimum atomic E-state index is -0.316. The molecule has 0 radical (unpaired) electrons. The zero-order valence-corrected chi connectivity index (χ0v) is 16.4. The number of nitrogens with one attached hydrogen (secondary N) is 2. The van der Waals surface area contributed by atoms with Crippen LogP contribution in [0.25, 0.3) is 0 Å². The largest absolute Gasteiger partial charge is 0.497 e. The van der Waals surface area contributed by atoms with Crippen LogP contribution in [0.3, 0.4) is 0 Å². The Morgan fingerprint density at radius 2 is 1.69 bits per heavy atom. The standard InChI is InChI=1S/C23H23N3O3/c1-16-3-7-19(8-4-16)26-22(27)18-12-14-24-21(15-18)23(28)25-13-11-17-5-9-20(29-2)10-6-17/h3-10,12,14-15H,11,13H2,1-2H3,(H,25,28)(H,26,27). The van der Waals surface area contributed by atoms with Crippen LogP contribution in [0.4, 0.5) is 5.69 Å². The lowest BCUT2D eigenvalue weighted by Gasteiger charge is -2.08. The van der Waals surface area contributed by atoms with Gasteiger partial charge < -0.3 is 15.4 Å². The molecule has 0 fully saturated rings. The zero-order valence-electron chi connectivity index (χ0n) is 16.4. The maximum atomic E-state index is 12.4. The molecule has 1 heterocycles. The van der Waals surface area contributed by atoms with Gasteiger partial charge in [0.15, 0.2) is 0 Å². The Bertz CT molecular complexity index is 983.